The van der Waals surface area contributed by atoms with Crippen molar-refractivity contribution in [2.24, 2.45) is 0 Å². The number of hydrogen-bond acceptors (Lipinski definition) is 3. The second-order valence-electron chi connectivity index (χ2n) is 1.75. The molecule has 0 saturated carbocycles. The second-order valence-corrected chi connectivity index (χ2v) is 1.75. The van der Waals surface area contributed by atoms with E-state index in [1.165, 1.54) is 0 Å². The van der Waals surface area contributed by atoms with Gasteiger partial charge in [0.05, 0.1) is 0 Å². The maximum Gasteiger partial charge on any atom is 0.154 e. The minimum Gasteiger partial charge on any atom is -0.368 e. The maximum absolute atomic E-state index is 8.34. The van der Waals surface area contributed by atoms with Gasteiger partial charge in [-0.2, -0.15) is 0 Å². The first-order valence-electron chi connectivity index (χ1n) is 2.93. The van der Waals surface area contributed by atoms with Crippen molar-refractivity contribution in [3.05, 3.63) is 12.2 Å². The van der Waals surface area contributed by atoms with E-state index in [0.29, 0.717) is 6.42 Å². The van der Waals surface area contributed by atoms with Crippen molar-refractivity contribution < 1.29 is 10.2 Å². The van der Waals surface area contributed by atoms with Crippen LogP contribution in [0.15, 0.2) is 12.2 Å². The fraction of sp³-hybridized carbons (Fsp3) is 0.667. The summed E-state index contributed by atoms with van der Waals surface area (Å²) in [5, 5.41) is 19.6. The Kier molecular flexibility index (Phi) is 5.51. The van der Waals surface area contributed by atoms with Crippen LogP contribution in [-0.4, -0.2) is 30.1 Å². The Labute approximate surface area is 55.0 Å². The van der Waals surface area contributed by atoms with Crippen molar-refractivity contribution in [2.45, 2.75) is 12.7 Å². The molecule has 0 atom stereocenters. The zero-order valence-electron chi connectivity index (χ0n) is 5.54. The summed E-state index contributed by atoms with van der Waals surface area (Å²) < 4.78 is 0. The van der Waals surface area contributed by atoms with Crippen LogP contribution in [0, 0.1) is 0 Å². The molecule has 0 aromatic carbocycles. The fourth-order valence-electron chi connectivity index (χ4n) is 0.419. The smallest absolute Gasteiger partial charge is 0.154 e. The predicted octanol–water partition coefficient (Wildman–Crippen LogP) is -0.537. The van der Waals surface area contributed by atoms with Crippen LogP contribution in [-0.2, 0) is 0 Å². The lowest BCUT2D eigenvalue weighted by molar-refractivity contribution is -0.0361. The van der Waals surface area contributed by atoms with E-state index in [1.807, 2.05) is 13.1 Å². The molecule has 3 N–H and O–H groups in total. The van der Waals surface area contributed by atoms with E-state index in [2.05, 4.69) is 5.32 Å². The van der Waals surface area contributed by atoms with E-state index in [0.717, 1.165) is 6.54 Å². The molecule has 0 spiro atoms. The van der Waals surface area contributed by atoms with Gasteiger partial charge in [0.1, 0.15) is 0 Å². The third-order valence-electron chi connectivity index (χ3n) is 0.836. The van der Waals surface area contributed by atoms with Crippen LogP contribution < -0.4 is 5.32 Å². The molecular weight excluding hydrogens is 118 g/mol. The van der Waals surface area contributed by atoms with Crippen LogP contribution in [0.2, 0.25) is 0 Å². The molecule has 3 heteroatoms. The Morgan fingerprint density at radius 3 is 2.56 bits per heavy atom. The first-order chi connectivity index (χ1) is 4.27. The van der Waals surface area contributed by atoms with Gasteiger partial charge < -0.3 is 15.5 Å². The normalized spacial score (nSPS) is 11.6. The van der Waals surface area contributed by atoms with Crippen LogP contribution in [0.1, 0.15) is 6.42 Å². The summed E-state index contributed by atoms with van der Waals surface area (Å²) in [6, 6.07) is 0. The van der Waals surface area contributed by atoms with Gasteiger partial charge in [-0.05, 0) is 7.05 Å². The average Bonchev–Trinajstić information content (AvgIpc) is 1.80. The number of hydrogen-bond donors (Lipinski definition) is 3. The van der Waals surface area contributed by atoms with Gasteiger partial charge in [0.15, 0.2) is 6.29 Å². The molecular formula is C6H13NO2. The van der Waals surface area contributed by atoms with Gasteiger partial charge in [0, 0.05) is 13.0 Å². The van der Waals surface area contributed by atoms with Gasteiger partial charge in [0.2, 0.25) is 0 Å². The SMILES string of the molecule is CNC/C=C/CC(O)O. The summed E-state index contributed by atoms with van der Waals surface area (Å²) in [6.07, 6.45) is 2.67. The number of aliphatic hydroxyl groups is 2. The summed E-state index contributed by atoms with van der Waals surface area (Å²) in [7, 11) is 1.83. The summed E-state index contributed by atoms with van der Waals surface area (Å²) in [6.45, 7) is 0.771. The molecule has 0 saturated heterocycles. The fourth-order valence-corrected chi connectivity index (χ4v) is 0.419. The number of aliphatic hydroxyl groups excluding tert-OH is 1. The van der Waals surface area contributed by atoms with Crippen molar-refractivity contribution in [3.8, 4) is 0 Å². The van der Waals surface area contributed by atoms with Gasteiger partial charge >= 0.3 is 0 Å². The highest BCUT2D eigenvalue weighted by atomic mass is 16.5. The lowest BCUT2D eigenvalue weighted by atomic mass is 10.3. The largest absolute Gasteiger partial charge is 0.368 e. The Morgan fingerprint density at radius 1 is 1.44 bits per heavy atom. The molecule has 0 unspecified atom stereocenters. The molecule has 0 heterocycles. The topological polar surface area (TPSA) is 52.5 Å². The summed E-state index contributed by atoms with van der Waals surface area (Å²) in [5.41, 5.74) is 0. The predicted molar refractivity (Wildman–Crippen MR) is 35.9 cm³/mol. The molecule has 3 nitrogen and oxygen atoms in total. The third kappa shape index (κ3) is 7.62. The van der Waals surface area contributed by atoms with Gasteiger partial charge in [-0.25, -0.2) is 0 Å². The zero-order valence-corrected chi connectivity index (χ0v) is 5.54. The van der Waals surface area contributed by atoms with Crippen molar-refractivity contribution in [2.75, 3.05) is 13.6 Å². The summed E-state index contributed by atoms with van der Waals surface area (Å²) in [4.78, 5) is 0. The molecule has 9 heavy (non-hydrogen) atoms. The lowest BCUT2D eigenvalue weighted by Gasteiger charge is -1.94. The molecule has 0 fully saturated rings. The molecule has 0 bridgehead atoms. The minimum absolute atomic E-state index is 0.307. The molecule has 0 radical (unpaired) electrons. The van der Waals surface area contributed by atoms with Crippen molar-refractivity contribution in [1.29, 1.82) is 0 Å². The Hall–Kier alpha value is -0.380. The van der Waals surface area contributed by atoms with E-state index >= 15 is 0 Å². The zero-order chi connectivity index (χ0) is 7.11. The van der Waals surface area contributed by atoms with Crippen LogP contribution in [0.5, 0.6) is 0 Å². The van der Waals surface area contributed by atoms with E-state index in [9.17, 15) is 0 Å². The number of rotatable bonds is 4. The Balaban J connectivity index is 3.04. The van der Waals surface area contributed by atoms with Gasteiger partial charge in [-0.15, -0.1) is 0 Å². The quantitative estimate of drug-likeness (QED) is 0.355. The van der Waals surface area contributed by atoms with E-state index in [1.54, 1.807) is 6.08 Å². The highest BCUT2D eigenvalue weighted by Crippen LogP contribution is 1.86. The second kappa shape index (κ2) is 5.75. The summed E-state index contributed by atoms with van der Waals surface area (Å²) >= 11 is 0. The van der Waals surface area contributed by atoms with Gasteiger partial charge in [-0.1, -0.05) is 12.2 Å². The Morgan fingerprint density at radius 2 is 2.11 bits per heavy atom. The van der Waals surface area contributed by atoms with Crippen LogP contribution >= 0.6 is 0 Å². The van der Waals surface area contributed by atoms with E-state index in [4.69, 9.17) is 10.2 Å². The van der Waals surface area contributed by atoms with Crippen LogP contribution in [0.3, 0.4) is 0 Å². The molecule has 0 aliphatic heterocycles. The summed E-state index contributed by atoms with van der Waals surface area (Å²) in [5.74, 6) is 0. The molecule has 0 rings (SSSR count). The van der Waals surface area contributed by atoms with Gasteiger partial charge in [-0.3, -0.25) is 0 Å². The standard InChI is InChI=1S/C6H13NO2/c1-7-5-3-2-4-6(8)9/h2-3,6-9H,4-5H2,1H3/b3-2+. The molecule has 0 aromatic rings. The average molecular weight is 131 g/mol. The number of likely N-dealkylation sites (N-methyl/N-ethyl adjacent to an activating group) is 1. The Bertz CT molecular complexity index is 81.1. The molecule has 0 aliphatic rings. The number of nitrogens with one attached hydrogen (secondary N) is 1. The molecule has 54 valence electrons. The highest BCUT2D eigenvalue weighted by Gasteiger charge is 1.88. The van der Waals surface area contributed by atoms with Crippen molar-refractivity contribution >= 4 is 0 Å². The first kappa shape index (κ1) is 8.62. The van der Waals surface area contributed by atoms with Gasteiger partial charge in [0.25, 0.3) is 0 Å². The highest BCUT2D eigenvalue weighted by molar-refractivity contribution is 4.83. The monoisotopic (exact) mass is 131 g/mol. The van der Waals surface area contributed by atoms with Crippen molar-refractivity contribution in [3.63, 3.8) is 0 Å². The minimum atomic E-state index is -1.21. The van der Waals surface area contributed by atoms with Crippen molar-refractivity contribution in [1.82, 2.24) is 5.32 Å². The lowest BCUT2D eigenvalue weighted by Crippen LogP contribution is -2.05. The third-order valence-corrected chi connectivity index (χ3v) is 0.836. The first-order valence-corrected chi connectivity index (χ1v) is 2.93. The van der Waals surface area contributed by atoms with E-state index in [-0.39, 0.29) is 0 Å². The molecule has 0 aliphatic carbocycles. The maximum atomic E-state index is 8.34. The van der Waals surface area contributed by atoms with Crippen LogP contribution in [0.4, 0.5) is 0 Å². The molecule has 0 amide bonds. The van der Waals surface area contributed by atoms with Crippen LogP contribution in [0.25, 0.3) is 0 Å². The van der Waals surface area contributed by atoms with E-state index < -0.39 is 6.29 Å². The molecule has 0 aromatic heterocycles.